The summed E-state index contributed by atoms with van der Waals surface area (Å²) < 4.78 is 28.7. The zero-order chi connectivity index (χ0) is 23.1. The van der Waals surface area contributed by atoms with Crippen molar-refractivity contribution in [2.75, 3.05) is 10.8 Å². The number of carbonyl (C=O) groups is 1. The Kier molecular flexibility index (Phi) is 8.10. The highest BCUT2D eigenvalue weighted by Gasteiger charge is 2.27. The number of amides is 1. The van der Waals surface area contributed by atoms with Crippen molar-refractivity contribution in [1.29, 1.82) is 0 Å². The number of benzene rings is 3. The molecule has 0 aliphatic carbocycles. The maximum Gasteiger partial charge on any atom is 0.264 e. The second kappa shape index (κ2) is 10.8. The van der Waals surface area contributed by atoms with Gasteiger partial charge in [0.1, 0.15) is 6.54 Å². The number of halogens is 1. The summed E-state index contributed by atoms with van der Waals surface area (Å²) in [5.41, 5.74) is 2.58. The lowest BCUT2D eigenvalue weighted by Gasteiger charge is -2.25. The van der Waals surface area contributed by atoms with Crippen molar-refractivity contribution in [3.05, 3.63) is 94.5 Å². The number of nitrogens with zero attached hydrogens (tertiary/aromatic N) is 1. The molecule has 1 amide bonds. The molecule has 0 bridgehead atoms. The van der Waals surface area contributed by atoms with Crippen LogP contribution in [0, 0.1) is 6.92 Å². The van der Waals surface area contributed by atoms with Gasteiger partial charge in [0, 0.05) is 10.5 Å². The minimum Gasteiger partial charge on any atom is -0.352 e. The van der Waals surface area contributed by atoms with Crippen molar-refractivity contribution in [3.8, 4) is 0 Å². The Hall–Kier alpha value is -2.64. The van der Waals surface area contributed by atoms with Crippen LogP contribution in [0.25, 0.3) is 0 Å². The molecule has 1 N–H and O–H groups in total. The lowest BCUT2D eigenvalue weighted by atomic mass is 10.1. The summed E-state index contributed by atoms with van der Waals surface area (Å²) in [6, 6.07) is 23.5. The monoisotopic (exact) mass is 514 g/mol. The van der Waals surface area contributed by atoms with E-state index in [0.717, 1.165) is 27.2 Å². The molecular weight excluding hydrogens is 488 g/mol. The predicted molar refractivity (Wildman–Crippen MR) is 132 cm³/mol. The Morgan fingerprint density at radius 2 is 1.69 bits per heavy atom. The minimum absolute atomic E-state index is 0.0888. The summed E-state index contributed by atoms with van der Waals surface area (Å²) in [6.45, 7) is 3.52. The molecule has 32 heavy (non-hydrogen) atoms. The third-order valence-corrected chi connectivity index (χ3v) is 7.39. The molecule has 0 heterocycles. The number of nitrogens with one attached hydrogen (secondary N) is 1. The highest BCUT2D eigenvalue weighted by Crippen LogP contribution is 2.26. The molecule has 0 aromatic heterocycles. The molecule has 5 nitrogen and oxygen atoms in total. The number of aryl methyl sites for hydroxylation is 2. The topological polar surface area (TPSA) is 66.5 Å². The van der Waals surface area contributed by atoms with Gasteiger partial charge in [-0.25, -0.2) is 8.42 Å². The molecule has 0 fully saturated rings. The smallest absolute Gasteiger partial charge is 0.264 e. The van der Waals surface area contributed by atoms with Crippen LogP contribution in [0.1, 0.15) is 24.5 Å². The van der Waals surface area contributed by atoms with Gasteiger partial charge in [-0.05, 0) is 62.6 Å². The van der Waals surface area contributed by atoms with E-state index in [9.17, 15) is 13.2 Å². The minimum atomic E-state index is -3.92. The van der Waals surface area contributed by atoms with Crippen LogP contribution in [0.15, 0.2) is 88.2 Å². The average Bonchev–Trinajstić information content (AvgIpc) is 2.77. The Morgan fingerprint density at radius 3 is 2.34 bits per heavy atom. The molecule has 1 atom stereocenters. The molecule has 3 rings (SSSR count). The highest BCUT2D eigenvalue weighted by atomic mass is 79.9. The Labute approximate surface area is 198 Å². The van der Waals surface area contributed by atoms with E-state index in [1.807, 2.05) is 38.1 Å². The molecular formula is C25H27BrN2O3S. The van der Waals surface area contributed by atoms with Crippen LogP contribution in [0.4, 0.5) is 5.69 Å². The molecule has 0 aliphatic rings. The van der Waals surface area contributed by atoms with Crippen LogP contribution in [0.5, 0.6) is 0 Å². The first kappa shape index (κ1) is 24.0. The van der Waals surface area contributed by atoms with Gasteiger partial charge in [0.15, 0.2) is 0 Å². The molecule has 3 aromatic rings. The lowest BCUT2D eigenvalue weighted by molar-refractivity contribution is -0.120. The van der Waals surface area contributed by atoms with Crippen molar-refractivity contribution in [2.24, 2.45) is 0 Å². The fourth-order valence-electron chi connectivity index (χ4n) is 3.33. The van der Waals surface area contributed by atoms with Crippen molar-refractivity contribution >= 4 is 37.5 Å². The normalized spacial score (nSPS) is 12.2. The first-order valence-corrected chi connectivity index (χ1v) is 12.7. The maximum absolute atomic E-state index is 13.4. The van der Waals surface area contributed by atoms with Crippen molar-refractivity contribution in [1.82, 2.24) is 5.32 Å². The van der Waals surface area contributed by atoms with Gasteiger partial charge >= 0.3 is 0 Å². The third kappa shape index (κ3) is 6.43. The number of hydrogen-bond acceptors (Lipinski definition) is 3. The first-order valence-electron chi connectivity index (χ1n) is 10.4. The molecule has 0 saturated heterocycles. The quantitative estimate of drug-likeness (QED) is 0.432. The van der Waals surface area contributed by atoms with E-state index in [1.165, 1.54) is 5.56 Å². The molecule has 7 heteroatoms. The van der Waals surface area contributed by atoms with E-state index >= 15 is 0 Å². The summed E-state index contributed by atoms with van der Waals surface area (Å²) in [4.78, 5) is 13.0. The average molecular weight is 515 g/mol. The summed E-state index contributed by atoms with van der Waals surface area (Å²) in [6.07, 6.45) is 1.59. The number of hydrogen-bond donors (Lipinski definition) is 1. The second-order valence-corrected chi connectivity index (χ2v) is 10.6. The van der Waals surface area contributed by atoms with E-state index in [4.69, 9.17) is 0 Å². The second-order valence-electron chi connectivity index (χ2n) is 7.80. The van der Waals surface area contributed by atoms with Crippen LogP contribution in [0.2, 0.25) is 0 Å². The van der Waals surface area contributed by atoms with Crippen molar-refractivity contribution < 1.29 is 13.2 Å². The largest absolute Gasteiger partial charge is 0.352 e. The van der Waals surface area contributed by atoms with Gasteiger partial charge < -0.3 is 5.32 Å². The van der Waals surface area contributed by atoms with E-state index < -0.39 is 10.0 Å². The van der Waals surface area contributed by atoms with Gasteiger partial charge in [-0.15, -0.1) is 0 Å². The molecule has 0 saturated carbocycles. The highest BCUT2D eigenvalue weighted by molar-refractivity contribution is 9.10. The van der Waals surface area contributed by atoms with Gasteiger partial charge in [-0.3, -0.25) is 9.10 Å². The van der Waals surface area contributed by atoms with Gasteiger partial charge in [0.05, 0.1) is 10.6 Å². The van der Waals surface area contributed by atoms with E-state index in [2.05, 4.69) is 33.4 Å². The molecule has 0 unspecified atom stereocenters. The Balaban J connectivity index is 1.76. The molecule has 0 aliphatic heterocycles. The zero-order valence-electron chi connectivity index (χ0n) is 18.2. The SMILES string of the molecule is Cc1ccc(S(=O)(=O)N(CC(=O)N[C@@H](C)CCc2ccccc2)c2cccc(Br)c2)cc1. The van der Waals surface area contributed by atoms with E-state index in [0.29, 0.717) is 5.69 Å². The predicted octanol–water partition coefficient (Wildman–Crippen LogP) is 5.09. The van der Waals surface area contributed by atoms with E-state index in [1.54, 1.807) is 42.5 Å². The number of sulfonamides is 1. The molecule has 168 valence electrons. The van der Waals surface area contributed by atoms with Crippen LogP contribution >= 0.6 is 15.9 Å². The first-order chi connectivity index (χ1) is 15.3. The Bertz CT molecular complexity index is 1150. The van der Waals surface area contributed by atoms with Gasteiger partial charge in [0.2, 0.25) is 5.91 Å². The van der Waals surface area contributed by atoms with E-state index in [-0.39, 0.29) is 23.4 Å². The summed E-state index contributed by atoms with van der Waals surface area (Å²) in [5.74, 6) is -0.346. The lowest BCUT2D eigenvalue weighted by Crippen LogP contribution is -2.43. The van der Waals surface area contributed by atoms with Crippen LogP contribution < -0.4 is 9.62 Å². The van der Waals surface area contributed by atoms with Crippen LogP contribution in [0.3, 0.4) is 0 Å². The molecule has 3 aromatic carbocycles. The fourth-order valence-corrected chi connectivity index (χ4v) is 5.13. The summed E-state index contributed by atoms with van der Waals surface area (Å²) in [5, 5.41) is 2.94. The van der Waals surface area contributed by atoms with Crippen molar-refractivity contribution in [2.45, 2.75) is 37.6 Å². The van der Waals surface area contributed by atoms with Crippen LogP contribution in [-0.4, -0.2) is 26.9 Å². The van der Waals surface area contributed by atoms with Crippen molar-refractivity contribution in [3.63, 3.8) is 0 Å². The summed E-state index contributed by atoms with van der Waals surface area (Å²) >= 11 is 3.39. The number of carbonyl (C=O) groups excluding carboxylic acids is 1. The zero-order valence-corrected chi connectivity index (χ0v) is 20.6. The fraction of sp³-hybridized carbons (Fsp3) is 0.240. The Morgan fingerprint density at radius 1 is 1.00 bits per heavy atom. The standard InChI is InChI=1S/C25H27BrN2O3S/c1-19-11-15-24(16-12-19)32(30,31)28(23-10-6-9-22(26)17-23)18-25(29)27-20(2)13-14-21-7-4-3-5-8-21/h3-12,15-17,20H,13-14,18H2,1-2H3,(H,27,29)/t20-/m0/s1. The maximum atomic E-state index is 13.4. The molecule has 0 spiro atoms. The third-order valence-electron chi connectivity index (χ3n) is 5.11. The van der Waals surface area contributed by atoms with Crippen LogP contribution in [-0.2, 0) is 21.2 Å². The molecule has 0 radical (unpaired) electrons. The number of rotatable bonds is 9. The number of anilines is 1. The summed E-state index contributed by atoms with van der Waals surface area (Å²) in [7, 11) is -3.92. The van der Waals surface area contributed by atoms with Gasteiger partial charge in [0.25, 0.3) is 10.0 Å². The van der Waals surface area contributed by atoms with Gasteiger partial charge in [-0.2, -0.15) is 0 Å². The van der Waals surface area contributed by atoms with Gasteiger partial charge in [-0.1, -0.05) is 70.0 Å².